The third-order valence-corrected chi connectivity index (χ3v) is 3.89. The lowest BCUT2D eigenvalue weighted by Crippen LogP contribution is -2.13. The van der Waals surface area contributed by atoms with Crippen molar-refractivity contribution < 1.29 is 4.39 Å². The Hall–Kier alpha value is -0.970. The highest BCUT2D eigenvalue weighted by Crippen LogP contribution is 2.26. The molecule has 0 bridgehead atoms. The first-order chi connectivity index (χ1) is 8.08. The molecule has 1 aromatic carbocycles. The molecular formula is C12H12ClFN2S. The van der Waals surface area contributed by atoms with Crippen molar-refractivity contribution in [1.82, 2.24) is 4.98 Å². The Labute approximate surface area is 108 Å². The highest BCUT2D eigenvalue weighted by atomic mass is 35.5. The average molecular weight is 271 g/mol. The molecule has 2 N–H and O–H groups in total. The van der Waals surface area contributed by atoms with Gasteiger partial charge in [-0.1, -0.05) is 17.7 Å². The van der Waals surface area contributed by atoms with Gasteiger partial charge in [0.1, 0.15) is 5.82 Å². The summed E-state index contributed by atoms with van der Waals surface area (Å²) in [5.74, 6) is -0.311. The lowest BCUT2D eigenvalue weighted by atomic mass is 10.1. The zero-order valence-corrected chi connectivity index (χ0v) is 10.9. The molecule has 0 spiro atoms. The first-order valence-corrected chi connectivity index (χ1v) is 6.38. The van der Waals surface area contributed by atoms with E-state index >= 15 is 0 Å². The Morgan fingerprint density at radius 3 is 2.88 bits per heavy atom. The fourth-order valence-electron chi connectivity index (χ4n) is 1.60. The first-order valence-electron chi connectivity index (χ1n) is 5.18. The Bertz CT molecular complexity index is 507. The third-order valence-electron chi connectivity index (χ3n) is 2.49. The van der Waals surface area contributed by atoms with Gasteiger partial charge in [0.05, 0.1) is 5.01 Å². The monoisotopic (exact) mass is 270 g/mol. The number of hydrogen-bond acceptors (Lipinski definition) is 3. The van der Waals surface area contributed by atoms with Gasteiger partial charge in [-0.25, -0.2) is 9.37 Å². The summed E-state index contributed by atoms with van der Waals surface area (Å²) >= 11 is 7.48. The quantitative estimate of drug-likeness (QED) is 0.927. The second kappa shape index (κ2) is 5.12. The summed E-state index contributed by atoms with van der Waals surface area (Å²) in [6.45, 7) is 1.91. The summed E-state index contributed by atoms with van der Waals surface area (Å²) in [7, 11) is 0. The minimum atomic E-state index is -0.311. The number of nitrogens with two attached hydrogens (primary N) is 1. The summed E-state index contributed by atoms with van der Waals surface area (Å²) in [5.41, 5.74) is 6.49. The summed E-state index contributed by atoms with van der Waals surface area (Å²) in [6.07, 6.45) is 2.12. The molecule has 1 aromatic heterocycles. The van der Waals surface area contributed by atoms with Crippen molar-refractivity contribution in [3.05, 3.63) is 50.7 Å². The van der Waals surface area contributed by atoms with E-state index in [0.29, 0.717) is 17.0 Å². The molecule has 90 valence electrons. The fraction of sp³-hybridized carbons (Fsp3) is 0.250. The van der Waals surface area contributed by atoms with Crippen LogP contribution >= 0.6 is 22.9 Å². The second-order valence-corrected chi connectivity index (χ2v) is 5.47. The number of aryl methyl sites for hydroxylation is 1. The van der Waals surface area contributed by atoms with E-state index in [-0.39, 0.29) is 11.9 Å². The Morgan fingerprint density at radius 1 is 1.53 bits per heavy atom. The van der Waals surface area contributed by atoms with Crippen LogP contribution in [0.25, 0.3) is 0 Å². The zero-order valence-electron chi connectivity index (χ0n) is 9.28. The topological polar surface area (TPSA) is 38.9 Å². The van der Waals surface area contributed by atoms with Crippen LogP contribution in [0.5, 0.6) is 0 Å². The first kappa shape index (κ1) is 12.5. The number of aromatic nitrogens is 1. The van der Waals surface area contributed by atoms with Crippen LogP contribution in [0, 0.1) is 12.7 Å². The van der Waals surface area contributed by atoms with E-state index in [9.17, 15) is 4.39 Å². The Balaban J connectivity index is 2.21. The van der Waals surface area contributed by atoms with Gasteiger partial charge in [0.2, 0.25) is 0 Å². The van der Waals surface area contributed by atoms with Gasteiger partial charge in [-0.05, 0) is 25.5 Å². The molecule has 1 atom stereocenters. The van der Waals surface area contributed by atoms with Gasteiger partial charge in [-0.2, -0.15) is 0 Å². The minimum Gasteiger partial charge on any atom is -0.323 e. The molecule has 0 amide bonds. The predicted molar refractivity (Wildman–Crippen MR) is 68.9 cm³/mol. The number of rotatable bonds is 3. The largest absolute Gasteiger partial charge is 0.323 e. The van der Waals surface area contributed by atoms with Crippen LogP contribution < -0.4 is 5.73 Å². The van der Waals surface area contributed by atoms with E-state index in [4.69, 9.17) is 17.3 Å². The van der Waals surface area contributed by atoms with E-state index in [2.05, 4.69) is 4.98 Å². The molecule has 0 saturated carbocycles. The molecule has 5 heteroatoms. The molecule has 2 aromatic rings. The molecule has 0 saturated heterocycles. The highest BCUT2D eigenvalue weighted by molar-refractivity contribution is 7.11. The molecule has 1 heterocycles. The predicted octanol–water partition coefficient (Wildman–Crippen LogP) is 3.49. The normalized spacial score (nSPS) is 12.7. The molecule has 0 aliphatic carbocycles. The standard InChI is InChI=1S/C12H12ClFN2S/c1-7-16-6-12(17-7)11(15)5-8-9(13)3-2-4-10(8)14/h2-4,6,11H,5,15H2,1H3. The molecule has 1 unspecified atom stereocenters. The Kier molecular flexibility index (Phi) is 3.76. The minimum absolute atomic E-state index is 0.268. The van der Waals surface area contributed by atoms with Crippen molar-refractivity contribution in [1.29, 1.82) is 0 Å². The summed E-state index contributed by atoms with van der Waals surface area (Å²) in [4.78, 5) is 5.08. The van der Waals surface area contributed by atoms with Gasteiger partial charge in [0, 0.05) is 27.7 Å². The van der Waals surface area contributed by atoms with Crippen molar-refractivity contribution in [3.8, 4) is 0 Å². The van der Waals surface area contributed by atoms with Crippen molar-refractivity contribution in [2.75, 3.05) is 0 Å². The molecule has 0 aliphatic rings. The van der Waals surface area contributed by atoms with E-state index in [1.165, 1.54) is 17.4 Å². The number of thiazole rings is 1. The van der Waals surface area contributed by atoms with E-state index in [0.717, 1.165) is 9.88 Å². The van der Waals surface area contributed by atoms with E-state index in [1.54, 1.807) is 18.3 Å². The van der Waals surface area contributed by atoms with E-state index in [1.807, 2.05) is 6.92 Å². The van der Waals surface area contributed by atoms with Crippen LogP contribution in [0.2, 0.25) is 5.02 Å². The maximum absolute atomic E-state index is 13.6. The number of benzene rings is 1. The highest BCUT2D eigenvalue weighted by Gasteiger charge is 2.14. The van der Waals surface area contributed by atoms with Gasteiger partial charge in [-0.15, -0.1) is 11.3 Å². The van der Waals surface area contributed by atoms with Crippen molar-refractivity contribution >= 4 is 22.9 Å². The molecule has 0 fully saturated rings. The fourth-order valence-corrected chi connectivity index (χ4v) is 2.62. The lowest BCUT2D eigenvalue weighted by molar-refractivity contribution is 0.595. The molecule has 0 aliphatic heterocycles. The van der Waals surface area contributed by atoms with Gasteiger partial charge in [0.15, 0.2) is 0 Å². The van der Waals surface area contributed by atoms with Crippen LogP contribution in [0.4, 0.5) is 4.39 Å². The number of nitrogens with zero attached hydrogens (tertiary/aromatic N) is 1. The van der Waals surface area contributed by atoms with Crippen LogP contribution in [0.1, 0.15) is 21.5 Å². The Morgan fingerprint density at radius 2 is 2.29 bits per heavy atom. The van der Waals surface area contributed by atoms with Crippen LogP contribution in [0.3, 0.4) is 0 Å². The van der Waals surface area contributed by atoms with Crippen molar-refractivity contribution in [2.24, 2.45) is 5.73 Å². The summed E-state index contributed by atoms with van der Waals surface area (Å²) < 4.78 is 13.6. The van der Waals surface area contributed by atoms with Crippen LogP contribution in [-0.4, -0.2) is 4.98 Å². The van der Waals surface area contributed by atoms with Gasteiger partial charge in [0.25, 0.3) is 0 Å². The molecular weight excluding hydrogens is 259 g/mol. The molecule has 2 nitrogen and oxygen atoms in total. The van der Waals surface area contributed by atoms with Crippen LogP contribution in [-0.2, 0) is 6.42 Å². The second-order valence-electron chi connectivity index (χ2n) is 3.79. The molecule has 2 rings (SSSR count). The lowest BCUT2D eigenvalue weighted by Gasteiger charge is -2.11. The van der Waals surface area contributed by atoms with Crippen molar-refractivity contribution in [3.63, 3.8) is 0 Å². The van der Waals surface area contributed by atoms with Crippen molar-refractivity contribution in [2.45, 2.75) is 19.4 Å². The maximum atomic E-state index is 13.6. The average Bonchev–Trinajstić information content (AvgIpc) is 2.70. The smallest absolute Gasteiger partial charge is 0.127 e. The maximum Gasteiger partial charge on any atom is 0.127 e. The molecule has 17 heavy (non-hydrogen) atoms. The zero-order chi connectivity index (χ0) is 12.4. The number of hydrogen-bond donors (Lipinski definition) is 1. The van der Waals surface area contributed by atoms with Gasteiger partial charge in [-0.3, -0.25) is 0 Å². The SMILES string of the molecule is Cc1ncc(C(N)Cc2c(F)cccc2Cl)s1. The van der Waals surface area contributed by atoms with Gasteiger partial charge < -0.3 is 5.73 Å². The summed E-state index contributed by atoms with van der Waals surface area (Å²) in [5, 5.41) is 1.37. The van der Waals surface area contributed by atoms with E-state index < -0.39 is 0 Å². The number of halogens is 2. The molecule has 0 radical (unpaired) electrons. The summed E-state index contributed by atoms with van der Waals surface area (Å²) in [6, 6.07) is 4.38. The van der Waals surface area contributed by atoms with Gasteiger partial charge >= 0.3 is 0 Å². The van der Waals surface area contributed by atoms with Crippen LogP contribution in [0.15, 0.2) is 24.4 Å². The third kappa shape index (κ3) is 2.83.